The molecule has 0 aliphatic carbocycles. The monoisotopic (exact) mass is 257 g/mol. The number of hydrogen-bond donors (Lipinski definition) is 0. The fraction of sp³-hybridized carbons (Fsp3) is 0.727. The summed E-state index contributed by atoms with van der Waals surface area (Å²) in [6, 6.07) is 0. The zero-order chi connectivity index (χ0) is 9.65. The van der Waals surface area contributed by atoms with Crippen molar-refractivity contribution < 1.29 is 37.1 Å². The molecule has 0 saturated carbocycles. The molecule has 0 spiro atoms. The fourth-order valence-corrected chi connectivity index (χ4v) is 0. The first-order chi connectivity index (χ1) is 4.68. The van der Waals surface area contributed by atoms with Crippen molar-refractivity contribution in [3.63, 3.8) is 0 Å². The van der Waals surface area contributed by atoms with E-state index in [2.05, 4.69) is 55.4 Å². The van der Waals surface area contributed by atoms with Crippen LogP contribution in [0.15, 0.2) is 0 Å². The van der Waals surface area contributed by atoms with Gasteiger partial charge in [0.15, 0.2) is 0 Å². The maximum absolute atomic E-state index is 3.80. The molecule has 0 heterocycles. The van der Waals surface area contributed by atoms with Crippen LogP contribution in [0.2, 0.25) is 0 Å². The molecule has 0 aromatic rings. The second-order valence-electron chi connectivity index (χ2n) is 4.56. The van der Waals surface area contributed by atoms with E-state index >= 15 is 0 Å². The van der Waals surface area contributed by atoms with Crippen LogP contribution in [0.25, 0.3) is 0 Å². The quantitative estimate of drug-likeness (QED) is 0.577. The molecular weight excluding hydrogens is 234 g/mol. The molecule has 0 unspecified atom stereocenters. The summed E-state index contributed by atoms with van der Waals surface area (Å²) in [6.45, 7) is 20.3. The van der Waals surface area contributed by atoms with Crippen LogP contribution in [0.1, 0.15) is 41.5 Å². The molecule has 0 saturated heterocycles. The van der Waals surface area contributed by atoms with Gasteiger partial charge in [-0.25, -0.2) is 0 Å². The molecule has 0 aromatic heterocycles. The Balaban J connectivity index is -0.0000000600. The van der Waals surface area contributed by atoms with Crippen LogP contribution in [-0.2, 0) is 37.1 Å². The Bertz CT molecular complexity index is 77.8. The van der Waals surface area contributed by atoms with E-state index in [1.165, 1.54) is 5.92 Å². The van der Waals surface area contributed by atoms with Crippen molar-refractivity contribution in [3.05, 3.63) is 19.8 Å². The Morgan fingerprint density at radius 1 is 0.923 bits per heavy atom. The van der Waals surface area contributed by atoms with E-state index in [1.54, 1.807) is 0 Å². The van der Waals surface area contributed by atoms with Gasteiger partial charge in [0.05, 0.1) is 0 Å². The topological polar surface area (TPSA) is 0 Å². The summed E-state index contributed by atoms with van der Waals surface area (Å²) >= 11 is 0. The van der Waals surface area contributed by atoms with Crippen LogP contribution < -0.4 is 0 Å². The summed E-state index contributed by atoms with van der Waals surface area (Å²) in [5.41, 5.74) is 0.278. The van der Waals surface area contributed by atoms with Crippen molar-refractivity contribution in [2.75, 3.05) is 0 Å². The maximum Gasteiger partial charge on any atom is 0 e. The van der Waals surface area contributed by atoms with Gasteiger partial charge < -0.3 is 19.8 Å². The molecule has 0 fully saturated rings. The fourth-order valence-electron chi connectivity index (χ4n) is 0. The Labute approximate surface area is 109 Å². The number of rotatable bonds is 0. The summed E-state index contributed by atoms with van der Waals surface area (Å²) in [7, 11) is 0. The van der Waals surface area contributed by atoms with Gasteiger partial charge in [0, 0.05) is 37.1 Å². The predicted octanol–water partition coefficient (Wildman–Crippen LogP) is 3.93. The molecular formula is C11H23V2-3. The Morgan fingerprint density at radius 3 is 1.00 bits per heavy atom. The van der Waals surface area contributed by atoms with Crippen LogP contribution in [0, 0.1) is 31.1 Å². The molecule has 0 aromatic carbocycles. The van der Waals surface area contributed by atoms with Crippen LogP contribution in [0.5, 0.6) is 0 Å². The van der Waals surface area contributed by atoms with Gasteiger partial charge in [0.1, 0.15) is 0 Å². The standard InChI is InChI=1S/C7H14.C4H9.2V/c1-6(2)7(3,4)5;1-4(2)3;;/h6H,1-2H2,3-5H3;1-3H3;;/q-2;-1;;. The average molecular weight is 257 g/mol. The third kappa shape index (κ3) is 32.0. The van der Waals surface area contributed by atoms with E-state index < -0.39 is 0 Å². The predicted molar refractivity (Wildman–Crippen MR) is 53.9 cm³/mol. The van der Waals surface area contributed by atoms with Crippen molar-refractivity contribution in [2.24, 2.45) is 11.3 Å². The minimum absolute atomic E-state index is 0. The molecule has 0 bridgehead atoms. The van der Waals surface area contributed by atoms with Crippen molar-refractivity contribution in [2.45, 2.75) is 41.5 Å². The SMILES string of the molecule is C[C-](C)C.[CH2-]C([CH2-])C(C)(C)C.[V].[V]. The molecule has 0 aliphatic heterocycles. The maximum atomic E-state index is 3.80. The molecule has 13 heavy (non-hydrogen) atoms. The molecule has 0 nitrogen and oxygen atoms in total. The Morgan fingerprint density at radius 2 is 1.00 bits per heavy atom. The van der Waals surface area contributed by atoms with Crippen LogP contribution in [0.3, 0.4) is 0 Å². The average Bonchev–Trinajstić information content (AvgIpc) is 1.59. The minimum Gasteiger partial charge on any atom is -0.369 e. The first-order valence-electron chi connectivity index (χ1n) is 4.11. The first kappa shape index (κ1) is 23.8. The zero-order valence-corrected chi connectivity index (χ0v) is 12.7. The van der Waals surface area contributed by atoms with E-state index in [9.17, 15) is 0 Å². The summed E-state index contributed by atoms with van der Waals surface area (Å²) in [6.07, 6.45) is 0. The first-order valence-corrected chi connectivity index (χ1v) is 4.11. The third-order valence-electron chi connectivity index (χ3n) is 1.22. The van der Waals surface area contributed by atoms with Crippen LogP contribution in [0.4, 0.5) is 0 Å². The van der Waals surface area contributed by atoms with E-state index in [0.717, 1.165) is 0 Å². The van der Waals surface area contributed by atoms with Gasteiger partial charge in [-0.2, -0.15) is 20.8 Å². The Hall–Kier alpha value is 1.17. The summed E-state index contributed by atoms with van der Waals surface area (Å²) < 4.78 is 0. The van der Waals surface area contributed by atoms with E-state index in [0.29, 0.717) is 5.92 Å². The van der Waals surface area contributed by atoms with E-state index in [4.69, 9.17) is 0 Å². The molecule has 0 rings (SSSR count). The molecule has 2 heteroatoms. The van der Waals surface area contributed by atoms with E-state index in [-0.39, 0.29) is 42.5 Å². The van der Waals surface area contributed by atoms with Crippen LogP contribution in [-0.4, -0.2) is 0 Å². The number of hydrogen-bond acceptors (Lipinski definition) is 0. The second kappa shape index (κ2) is 11.2. The van der Waals surface area contributed by atoms with E-state index in [1.807, 2.05) is 0 Å². The van der Waals surface area contributed by atoms with Gasteiger partial charge in [0.2, 0.25) is 0 Å². The third-order valence-corrected chi connectivity index (χ3v) is 1.22. The normalized spacial score (nSPS) is 9.69. The second-order valence-corrected chi connectivity index (χ2v) is 4.56. The minimum atomic E-state index is 0. The summed E-state index contributed by atoms with van der Waals surface area (Å²) in [5.74, 6) is 1.72. The van der Waals surface area contributed by atoms with Crippen molar-refractivity contribution in [3.8, 4) is 0 Å². The van der Waals surface area contributed by atoms with Gasteiger partial charge in [-0.3, -0.25) is 5.92 Å². The molecule has 2 radical (unpaired) electrons. The molecule has 0 aliphatic rings. The summed E-state index contributed by atoms with van der Waals surface area (Å²) in [4.78, 5) is 0. The van der Waals surface area contributed by atoms with Crippen molar-refractivity contribution in [1.29, 1.82) is 0 Å². The Kier molecular flexibility index (Phi) is 20.6. The largest absolute Gasteiger partial charge is 0.369 e. The summed E-state index contributed by atoms with van der Waals surface area (Å²) in [5, 5.41) is 0. The smallest absolute Gasteiger partial charge is 0 e. The van der Waals surface area contributed by atoms with Crippen LogP contribution >= 0.6 is 0 Å². The van der Waals surface area contributed by atoms with Gasteiger partial charge >= 0.3 is 0 Å². The zero-order valence-electron chi connectivity index (χ0n) is 9.89. The van der Waals surface area contributed by atoms with Gasteiger partial charge in [-0.1, -0.05) is 26.2 Å². The molecule has 0 amide bonds. The van der Waals surface area contributed by atoms with Gasteiger partial charge in [-0.05, 0) is 0 Å². The van der Waals surface area contributed by atoms with Gasteiger partial charge in [0.25, 0.3) is 0 Å². The molecule has 80 valence electrons. The van der Waals surface area contributed by atoms with Crippen molar-refractivity contribution >= 4 is 0 Å². The molecule has 0 N–H and O–H groups in total. The molecule has 0 atom stereocenters. The van der Waals surface area contributed by atoms with Crippen molar-refractivity contribution in [1.82, 2.24) is 0 Å². The van der Waals surface area contributed by atoms with Gasteiger partial charge in [-0.15, -0.1) is 0 Å².